The van der Waals surface area contributed by atoms with E-state index in [2.05, 4.69) is 60.7 Å². The quantitative estimate of drug-likeness (QED) is 0.715. The van der Waals surface area contributed by atoms with Crippen molar-refractivity contribution in [2.24, 2.45) is 0 Å². The summed E-state index contributed by atoms with van der Waals surface area (Å²) in [6, 6.07) is 3.83. The first-order valence-corrected chi connectivity index (χ1v) is 11.4. The molecule has 29 heavy (non-hydrogen) atoms. The number of anilines is 2. The van der Waals surface area contributed by atoms with Gasteiger partial charge in [0.2, 0.25) is 5.95 Å². The van der Waals surface area contributed by atoms with Crippen LogP contribution in [0.15, 0.2) is 6.07 Å². The van der Waals surface area contributed by atoms with Gasteiger partial charge in [-0.05, 0) is 47.5 Å². The predicted molar refractivity (Wildman–Crippen MR) is 120 cm³/mol. The fourth-order valence-electron chi connectivity index (χ4n) is 4.58. The number of morpholine rings is 1. The molecule has 2 aliphatic rings. The van der Waals surface area contributed by atoms with Crippen LogP contribution in [0.4, 0.5) is 11.8 Å². The van der Waals surface area contributed by atoms with Crippen molar-refractivity contribution in [1.29, 1.82) is 0 Å². The molecule has 0 atom stereocenters. The third-order valence-corrected chi connectivity index (χ3v) is 6.15. The summed E-state index contributed by atoms with van der Waals surface area (Å²) in [7, 11) is 0. The lowest BCUT2D eigenvalue weighted by atomic mass is 10.0. The Kier molecular flexibility index (Phi) is 8.09. The van der Waals surface area contributed by atoms with E-state index >= 15 is 0 Å². The predicted octanol–water partition coefficient (Wildman–Crippen LogP) is 2.62. The van der Waals surface area contributed by atoms with Crippen LogP contribution >= 0.6 is 0 Å². The minimum atomic E-state index is 0.548. The molecule has 0 spiro atoms. The lowest BCUT2D eigenvalue weighted by molar-refractivity contribution is 0.0114. The van der Waals surface area contributed by atoms with E-state index in [1.165, 1.54) is 12.8 Å². The van der Waals surface area contributed by atoms with E-state index in [9.17, 15) is 0 Å². The van der Waals surface area contributed by atoms with E-state index in [0.29, 0.717) is 18.1 Å². The average molecular weight is 405 g/mol. The fourth-order valence-corrected chi connectivity index (χ4v) is 4.58. The van der Waals surface area contributed by atoms with Gasteiger partial charge in [-0.1, -0.05) is 0 Å². The molecule has 2 fully saturated rings. The molecule has 0 unspecified atom stereocenters. The lowest BCUT2D eigenvalue weighted by Gasteiger charge is -2.40. The summed E-state index contributed by atoms with van der Waals surface area (Å²) in [5, 5.41) is 3.52. The standard InChI is InChI=1S/C22H40N6O/c1-17(2)28(18(3)4)11-8-23-21-16-19(5)24-22(25-21)27-9-6-20(7-10-27)26-12-14-29-15-13-26/h16-18,20H,6-15H2,1-5H3,(H,23,24,25). The van der Waals surface area contributed by atoms with Gasteiger partial charge >= 0.3 is 0 Å². The summed E-state index contributed by atoms with van der Waals surface area (Å²) in [5.74, 6) is 1.81. The number of piperidine rings is 1. The van der Waals surface area contributed by atoms with Crippen LogP contribution in [0.1, 0.15) is 46.2 Å². The number of aromatic nitrogens is 2. The zero-order valence-corrected chi connectivity index (χ0v) is 19.0. The van der Waals surface area contributed by atoms with Gasteiger partial charge in [0.05, 0.1) is 13.2 Å². The molecule has 0 aromatic carbocycles. The van der Waals surface area contributed by atoms with Gasteiger partial charge < -0.3 is 15.0 Å². The second-order valence-electron chi connectivity index (χ2n) is 8.91. The van der Waals surface area contributed by atoms with Crippen LogP contribution in [-0.2, 0) is 4.74 Å². The summed E-state index contributed by atoms with van der Waals surface area (Å²) in [5.41, 5.74) is 1.03. The van der Waals surface area contributed by atoms with Gasteiger partial charge in [-0.3, -0.25) is 9.80 Å². The summed E-state index contributed by atoms with van der Waals surface area (Å²) < 4.78 is 5.50. The Labute approximate surface area is 176 Å². The molecule has 1 aromatic rings. The van der Waals surface area contributed by atoms with Gasteiger partial charge in [-0.25, -0.2) is 4.98 Å². The van der Waals surface area contributed by atoms with Gasteiger partial charge in [0.25, 0.3) is 0 Å². The molecule has 3 rings (SSSR count). The molecule has 1 aromatic heterocycles. The van der Waals surface area contributed by atoms with Crippen LogP contribution in [0.3, 0.4) is 0 Å². The highest BCUT2D eigenvalue weighted by molar-refractivity contribution is 5.44. The average Bonchev–Trinajstić information content (AvgIpc) is 2.71. The molecular formula is C22H40N6O. The maximum atomic E-state index is 5.50. The third kappa shape index (κ3) is 6.27. The third-order valence-electron chi connectivity index (χ3n) is 6.15. The maximum absolute atomic E-state index is 5.50. The van der Waals surface area contributed by atoms with E-state index in [4.69, 9.17) is 14.7 Å². The van der Waals surface area contributed by atoms with Crippen molar-refractivity contribution < 1.29 is 4.74 Å². The van der Waals surface area contributed by atoms with Gasteiger partial charge in [0.15, 0.2) is 0 Å². The minimum absolute atomic E-state index is 0.548. The van der Waals surface area contributed by atoms with Crippen LogP contribution in [0.5, 0.6) is 0 Å². The number of rotatable bonds is 8. The Hall–Kier alpha value is -1.44. The Morgan fingerprint density at radius 2 is 1.72 bits per heavy atom. The first-order chi connectivity index (χ1) is 13.9. The van der Waals surface area contributed by atoms with Crippen LogP contribution in [0.25, 0.3) is 0 Å². The van der Waals surface area contributed by atoms with Crippen molar-refractivity contribution in [3.63, 3.8) is 0 Å². The summed E-state index contributed by atoms with van der Waals surface area (Å²) in [4.78, 5) is 17.0. The van der Waals surface area contributed by atoms with Crippen molar-refractivity contribution in [2.75, 3.05) is 62.7 Å². The Bertz CT molecular complexity index is 616. The van der Waals surface area contributed by atoms with E-state index in [1.807, 2.05) is 0 Å². The number of hydrogen-bond acceptors (Lipinski definition) is 7. The Morgan fingerprint density at radius 3 is 2.34 bits per heavy atom. The summed E-state index contributed by atoms with van der Waals surface area (Å²) in [6.07, 6.45) is 2.36. The number of nitrogens with one attached hydrogen (secondary N) is 1. The molecule has 0 aliphatic carbocycles. The van der Waals surface area contributed by atoms with Crippen LogP contribution in [0.2, 0.25) is 0 Å². The second-order valence-corrected chi connectivity index (χ2v) is 8.91. The molecule has 2 aliphatic heterocycles. The Balaban J connectivity index is 1.54. The number of aryl methyl sites for hydroxylation is 1. The SMILES string of the molecule is Cc1cc(NCCN(C(C)C)C(C)C)nc(N2CCC(N3CCOCC3)CC2)n1. The smallest absolute Gasteiger partial charge is 0.227 e. The van der Waals surface area contributed by atoms with Crippen LogP contribution < -0.4 is 10.2 Å². The minimum Gasteiger partial charge on any atom is -0.379 e. The summed E-state index contributed by atoms with van der Waals surface area (Å²) >= 11 is 0. The van der Waals surface area contributed by atoms with Crippen molar-refractivity contribution in [3.8, 4) is 0 Å². The largest absolute Gasteiger partial charge is 0.379 e. The zero-order valence-electron chi connectivity index (χ0n) is 19.0. The number of hydrogen-bond donors (Lipinski definition) is 1. The molecule has 7 nitrogen and oxygen atoms in total. The molecule has 2 saturated heterocycles. The lowest BCUT2D eigenvalue weighted by Crippen LogP contribution is -2.49. The molecule has 1 N–H and O–H groups in total. The molecule has 3 heterocycles. The van der Waals surface area contributed by atoms with Crippen molar-refractivity contribution in [1.82, 2.24) is 19.8 Å². The molecule has 0 radical (unpaired) electrons. The monoisotopic (exact) mass is 404 g/mol. The Morgan fingerprint density at radius 1 is 1.07 bits per heavy atom. The van der Waals surface area contributed by atoms with Gasteiger partial charge in [-0.15, -0.1) is 0 Å². The highest BCUT2D eigenvalue weighted by Gasteiger charge is 2.27. The van der Waals surface area contributed by atoms with Gasteiger partial charge in [0, 0.05) is 69.2 Å². The normalized spacial score (nSPS) is 19.5. The highest BCUT2D eigenvalue weighted by atomic mass is 16.5. The number of nitrogens with zero attached hydrogens (tertiary/aromatic N) is 5. The zero-order chi connectivity index (χ0) is 20.8. The van der Waals surface area contributed by atoms with Gasteiger partial charge in [-0.2, -0.15) is 4.98 Å². The summed E-state index contributed by atoms with van der Waals surface area (Å²) in [6.45, 7) is 18.9. The van der Waals surface area contributed by atoms with Crippen LogP contribution in [0, 0.1) is 6.92 Å². The van der Waals surface area contributed by atoms with Gasteiger partial charge in [0.1, 0.15) is 5.82 Å². The van der Waals surface area contributed by atoms with E-state index in [-0.39, 0.29) is 0 Å². The molecular weight excluding hydrogens is 364 g/mol. The van der Waals surface area contributed by atoms with Crippen LogP contribution in [-0.4, -0.2) is 90.4 Å². The molecule has 164 valence electrons. The molecule has 0 amide bonds. The van der Waals surface area contributed by atoms with E-state index in [1.54, 1.807) is 0 Å². The first kappa shape index (κ1) is 22.2. The van der Waals surface area contributed by atoms with Crippen molar-refractivity contribution >= 4 is 11.8 Å². The maximum Gasteiger partial charge on any atom is 0.227 e. The first-order valence-electron chi connectivity index (χ1n) is 11.4. The van der Waals surface area contributed by atoms with Crippen molar-refractivity contribution in [2.45, 2.75) is 65.6 Å². The number of ether oxygens (including phenoxy) is 1. The van der Waals surface area contributed by atoms with E-state index < -0.39 is 0 Å². The molecule has 7 heteroatoms. The van der Waals surface area contributed by atoms with Crippen molar-refractivity contribution in [3.05, 3.63) is 11.8 Å². The topological polar surface area (TPSA) is 56.8 Å². The molecule has 0 saturated carbocycles. The molecule has 0 bridgehead atoms. The second kappa shape index (κ2) is 10.5. The van der Waals surface area contributed by atoms with E-state index in [0.717, 1.165) is 69.9 Å². The highest BCUT2D eigenvalue weighted by Crippen LogP contribution is 2.22. The fraction of sp³-hybridized carbons (Fsp3) is 0.818.